The van der Waals surface area contributed by atoms with Gasteiger partial charge in [-0.25, -0.2) is 0 Å². The molecule has 1 amide bonds. The predicted molar refractivity (Wildman–Crippen MR) is 74.1 cm³/mol. The van der Waals surface area contributed by atoms with Gasteiger partial charge in [0, 0.05) is 4.88 Å². The van der Waals surface area contributed by atoms with Gasteiger partial charge in [-0.2, -0.15) is 0 Å². The Labute approximate surface area is 115 Å². The highest BCUT2D eigenvalue weighted by Gasteiger charge is 2.11. The molecule has 98 valence electrons. The van der Waals surface area contributed by atoms with E-state index in [2.05, 4.69) is 10.1 Å². The number of thiophene rings is 1. The third-order valence-corrected chi connectivity index (χ3v) is 3.64. The molecule has 19 heavy (non-hydrogen) atoms. The smallest absolute Gasteiger partial charge is 0.325 e. The zero-order valence-electron chi connectivity index (χ0n) is 10.4. The molecule has 0 unspecified atom stereocenters. The molecule has 2 aromatic rings. The van der Waals surface area contributed by atoms with Crippen molar-refractivity contribution in [1.82, 2.24) is 5.32 Å². The maximum atomic E-state index is 11.8. The molecule has 0 saturated heterocycles. The molecule has 0 fully saturated rings. The van der Waals surface area contributed by atoms with E-state index in [0.29, 0.717) is 4.88 Å². The van der Waals surface area contributed by atoms with Gasteiger partial charge in [0.05, 0.1) is 12.0 Å². The average molecular weight is 275 g/mol. The summed E-state index contributed by atoms with van der Waals surface area (Å²) in [6.07, 6.45) is 0. The van der Waals surface area contributed by atoms with Crippen molar-refractivity contribution < 1.29 is 14.3 Å². The number of nitrogens with one attached hydrogen (secondary N) is 1. The Kier molecular flexibility index (Phi) is 4.30. The summed E-state index contributed by atoms with van der Waals surface area (Å²) in [5.41, 5.74) is 1.07. The molecule has 0 aliphatic rings. The summed E-state index contributed by atoms with van der Waals surface area (Å²) < 4.78 is 4.46. The number of amides is 1. The molecule has 0 spiro atoms. The van der Waals surface area contributed by atoms with Gasteiger partial charge in [0.15, 0.2) is 0 Å². The van der Waals surface area contributed by atoms with Crippen molar-refractivity contribution in [1.29, 1.82) is 0 Å². The van der Waals surface area contributed by atoms with Crippen LogP contribution in [0.2, 0.25) is 0 Å². The Morgan fingerprint density at radius 2 is 1.89 bits per heavy atom. The highest BCUT2D eigenvalue weighted by atomic mass is 32.1. The minimum absolute atomic E-state index is 0.117. The summed E-state index contributed by atoms with van der Waals surface area (Å²) in [5, 5.41) is 2.51. The van der Waals surface area contributed by atoms with Crippen LogP contribution in [0.25, 0.3) is 10.4 Å². The van der Waals surface area contributed by atoms with E-state index in [1.54, 1.807) is 6.07 Å². The van der Waals surface area contributed by atoms with E-state index in [9.17, 15) is 9.59 Å². The van der Waals surface area contributed by atoms with Crippen LogP contribution >= 0.6 is 11.3 Å². The van der Waals surface area contributed by atoms with Crippen molar-refractivity contribution >= 4 is 23.2 Å². The van der Waals surface area contributed by atoms with Gasteiger partial charge in [0.2, 0.25) is 0 Å². The SMILES string of the molecule is COC(=O)CNC(=O)c1ccc(-c2ccccc2)s1. The first-order chi connectivity index (χ1) is 9.20. The fourth-order valence-electron chi connectivity index (χ4n) is 1.53. The minimum Gasteiger partial charge on any atom is -0.468 e. The first-order valence-corrected chi connectivity index (χ1v) is 6.52. The second-order valence-corrected chi connectivity index (χ2v) is 4.87. The number of ether oxygens (including phenoxy) is 1. The summed E-state index contributed by atoms with van der Waals surface area (Å²) in [6.45, 7) is -0.117. The van der Waals surface area contributed by atoms with E-state index < -0.39 is 5.97 Å². The van der Waals surface area contributed by atoms with E-state index in [1.807, 2.05) is 36.4 Å². The van der Waals surface area contributed by atoms with Gasteiger partial charge in [-0.3, -0.25) is 9.59 Å². The molecule has 1 N–H and O–H groups in total. The molecule has 0 radical (unpaired) electrons. The Morgan fingerprint density at radius 3 is 2.58 bits per heavy atom. The molecule has 2 rings (SSSR count). The van der Waals surface area contributed by atoms with E-state index >= 15 is 0 Å². The molecule has 0 bridgehead atoms. The van der Waals surface area contributed by atoms with Gasteiger partial charge in [-0.1, -0.05) is 30.3 Å². The van der Waals surface area contributed by atoms with Crippen molar-refractivity contribution in [2.24, 2.45) is 0 Å². The molecule has 4 nitrogen and oxygen atoms in total. The average Bonchev–Trinajstić information content (AvgIpc) is 2.95. The normalized spacial score (nSPS) is 9.95. The van der Waals surface area contributed by atoms with E-state index in [-0.39, 0.29) is 12.5 Å². The lowest BCUT2D eigenvalue weighted by molar-refractivity contribution is -0.139. The zero-order valence-corrected chi connectivity index (χ0v) is 11.2. The Bertz CT molecular complexity index is 577. The predicted octanol–water partition coefficient (Wildman–Crippen LogP) is 2.32. The maximum absolute atomic E-state index is 11.8. The lowest BCUT2D eigenvalue weighted by atomic mass is 10.2. The number of hydrogen-bond acceptors (Lipinski definition) is 4. The summed E-state index contributed by atoms with van der Waals surface area (Å²) >= 11 is 1.39. The summed E-state index contributed by atoms with van der Waals surface area (Å²) in [6, 6.07) is 13.5. The lowest BCUT2D eigenvalue weighted by Gasteiger charge is -2.01. The third-order valence-electron chi connectivity index (χ3n) is 2.51. The van der Waals surface area contributed by atoms with E-state index in [1.165, 1.54) is 18.4 Å². The van der Waals surface area contributed by atoms with E-state index in [0.717, 1.165) is 10.4 Å². The van der Waals surface area contributed by atoms with Crippen LogP contribution in [-0.4, -0.2) is 25.5 Å². The highest BCUT2D eigenvalue weighted by Crippen LogP contribution is 2.27. The number of methoxy groups -OCH3 is 1. The number of carbonyl (C=O) groups excluding carboxylic acids is 2. The molecule has 0 atom stereocenters. The molecular weight excluding hydrogens is 262 g/mol. The van der Waals surface area contributed by atoms with Crippen LogP contribution in [0.1, 0.15) is 9.67 Å². The first-order valence-electron chi connectivity index (χ1n) is 5.71. The quantitative estimate of drug-likeness (QED) is 0.871. The Morgan fingerprint density at radius 1 is 1.16 bits per heavy atom. The summed E-state index contributed by atoms with van der Waals surface area (Å²) in [4.78, 5) is 24.3. The minimum atomic E-state index is -0.465. The molecule has 0 aliphatic heterocycles. The van der Waals surface area contributed by atoms with Crippen LogP contribution in [0.3, 0.4) is 0 Å². The highest BCUT2D eigenvalue weighted by molar-refractivity contribution is 7.17. The number of benzene rings is 1. The van der Waals surface area contributed by atoms with Crippen molar-refractivity contribution in [2.45, 2.75) is 0 Å². The van der Waals surface area contributed by atoms with Crippen molar-refractivity contribution in [2.75, 3.05) is 13.7 Å². The van der Waals surface area contributed by atoms with Crippen molar-refractivity contribution in [3.8, 4) is 10.4 Å². The number of esters is 1. The first kappa shape index (κ1) is 13.3. The van der Waals surface area contributed by atoms with Gasteiger partial charge < -0.3 is 10.1 Å². The largest absolute Gasteiger partial charge is 0.468 e. The molecule has 0 aliphatic carbocycles. The topological polar surface area (TPSA) is 55.4 Å². The molecule has 0 saturated carbocycles. The van der Waals surface area contributed by atoms with Crippen LogP contribution in [0.4, 0.5) is 0 Å². The maximum Gasteiger partial charge on any atom is 0.325 e. The van der Waals surface area contributed by atoms with Crippen LogP contribution in [0.5, 0.6) is 0 Å². The number of carbonyl (C=O) groups is 2. The van der Waals surface area contributed by atoms with Crippen molar-refractivity contribution in [3.63, 3.8) is 0 Å². The Balaban J connectivity index is 2.05. The van der Waals surface area contributed by atoms with Crippen molar-refractivity contribution in [3.05, 3.63) is 47.3 Å². The molecule has 1 heterocycles. The second kappa shape index (κ2) is 6.15. The molecule has 1 aromatic carbocycles. The lowest BCUT2D eigenvalue weighted by Crippen LogP contribution is -2.29. The Hall–Kier alpha value is -2.14. The monoisotopic (exact) mass is 275 g/mol. The summed E-state index contributed by atoms with van der Waals surface area (Å²) in [5.74, 6) is -0.731. The van der Waals surface area contributed by atoms with Gasteiger partial charge in [0.25, 0.3) is 5.91 Å². The molecule has 5 heteroatoms. The van der Waals surface area contributed by atoms with Crippen LogP contribution in [0.15, 0.2) is 42.5 Å². The van der Waals surface area contributed by atoms with E-state index in [4.69, 9.17) is 0 Å². The van der Waals surface area contributed by atoms with Gasteiger partial charge >= 0.3 is 5.97 Å². The van der Waals surface area contributed by atoms with Crippen LogP contribution < -0.4 is 5.32 Å². The van der Waals surface area contributed by atoms with Crippen LogP contribution in [-0.2, 0) is 9.53 Å². The van der Waals surface area contributed by atoms with Gasteiger partial charge in [-0.15, -0.1) is 11.3 Å². The zero-order chi connectivity index (χ0) is 13.7. The fourth-order valence-corrected chi connectivity index (χ4v) is 2.46. The van der Waals surface area contributed by atoms with Gasteiger partial charge in [-0.05, 0) is 17.7 Å². The van der Waals surface area contributed by atoms with Crippen LogP contribution in [0, 0.1) is 0 Å². The standard InChI is InChI=1S/C14H13NO3S/c1-18-13(16)9-15-14(17)12-8-7-11(19-12)10-5-3-2-4-6-10/h2-8H,9H2,1H3,(H,15,17). The number of rotatable bonds is 4. The molecular formula is C14H13NO3S. The number of hydrogen-bond donors (Lipinski definition) is 1. The molecule has 1 aromatic heterocycles. The van der Waals surface area contributed by atoms with Gasteiger partial charge in [0.1, 0.15) is 6.54 Å². The summed E-state index contributed by atoms with van der Waals surface area (Å²) in [7, 11) is 1.28. The second-order valence-electron chi connectivity index (χ2n) is 3.79. The fraction of sp³-hybridized carbons (Fsp3) is 0.143. The third kappa shape index (κ3) is 3.42.